The predicted octanol–water partition coefficient (Wildman–Crippen LogP) is 4.68. The van der Waals surface area contributed by atoms with Crippen molar-refractivity contribution in [3.8, 4) is 11.5 Å². The molecule has 3 rings (SSSR count). The predicted molar refractivity (Wildman–Crippen MR) is 81.3 cm³/mol. The number of hydrogen-bond donors (Lipinski definition) is 0. The first-order valence-corrected chi connectivity index (χ1v) is 7.21. The van der Waals surface area contributed by atoms with Crippen LogP contribution in [0.2, 0.25) is 10.0 Å². The van der Waals surface area contributed by atoms with Crippen LogP contribution in [0.1, 0.15) is 11.1 Å². The van der Waals surface area contributed by atoms with Gasteiger partial charge in [0.15, 0.2) is 0 Å². The summed E-state index contributed by atoms with van der Waals surface area (Å²) in [6, 6.07) is 11.4. The summed E-state index contributed by atoms with van der Waals surface area (Å²) in [6.07, 6.45) is 0.872. The second kappa shape index (κ2) is 5.55. The van der Waals surface area contributed by atoms with Crippen LogP contribution >= 0.6 is 23.2 Å². The molecule has 0 bridgehead atoms. The van der Waals surface area contributed by atoms with Crippen molar-refractivity contribution in [2.45, 2.75) is 19.4 Å². The molecule has 2 nitrogen and oxygen atoms in total. The summed E-state index contributed by atoms with van der Waals surface area (Å²) in [4.78, 5) is 0. The quantitative estimate of drug-likeness (QED) is 0.819. The van der Waals surface area contributed by atoms with Gasteiger partial charge in [-0.3, -0.25) is 0 Å². The van der Waals surface area contributed by atoms with Gasteiger partial charge in [0.1, 0.15) is 24.2 Å². The van der Waals surface area contributed by atoms with Gasteiger partial charge in [-0.25, -0.2) is 0 Å². The molecular weight excluding hydrogens is 295 g/mol. The smallest absolute Gasteiger partial charge is 0.139 e. The highest BCUT2D eigenvalue weighted by Gasteiger charge is 2.23. The summed E-state index contributed by atoms with van der Waals surface area (Å²) in [6.45, 7) is 2.53. The van der Waals surface area contributed by atoms with Gasteiger partial charge in [-0.05, 0) is 30.7 Å². The highest BCUT2D eigenvalue weighted by Crippen LogP contribution is 2.31. The molecule has 0 aliphatic carbocycles. The zero-order chi connectivity index (χ0) is 14.1. The molecule has 1 aliphatic rings. The van der Waals surface area contributed by atoms with Crippen LogP contribution in [0.25, 0.3) is 0 Å². The summed E-state index contributed by atoms with van der Waals surface area (Å²) in [5.74, 6) is 1.54. The maximum Gasteiger partial charge on any atom is 0.139 e. The second-order valence-electron chi connectivity index (χ2n) is 4.94. The summed E-state index contributed by atoms with van der Waals surface area (Å²) in [5, 5.41) is 1.16. The van der Waals surface area contributed by atoms with Gasteiger partial charge in [-0.15, -0.1) is 0 Å². The van der Waals surface area contributed by atoms with Crippen molar-refractivity contribution in [3.63, 3.8) is 0 Å². The van der Waals surface area contributed by atoms with Crippen LogP contribution in [0.3, 0.4) is 0 Å². The van der Waals surface area contributed by atoms with Gasteiger partial charge >= 0.3 is 0 Å². The molecule has 0 saturated heterocycles. The lowest BCUT2D eigenvalue weighted by molar-refractivity contribution is 0.148. The molecule has 0 spiro atoms. The van der Waals surface area contributed by atoms with Crippen LogP contribution < -0.4 is 9.47 Å². The first-order valence-electron chi connectivity index (χ1n) is 6.46. The van der Waals surface area contributed by atoms with Crippen molar-refractivity contribution in [1.29, 1.82) is 0 Å². The largest absolute Gasteiger partial charge is 0.488 e. The molecule has 2 aromatic rings. The molecule has 20 heavy (non-hydrogen) atoms. The molecule has 0 fully saturated rings. The Labute approximate surface area is 128 Å². The SMILES string of the molecule is Cc1ccc2c(c1)CC(COc1cc(Cl)ccc1Cl)O2. The summed E-state index contributed by atoms with van der Waals surface area (Å²) >= 11 is 12.0. The summed E-state index contributed by atoms with van der Waals surface area (Å²) < 4.78 is 11.6. The van der Waals surface area contributed by atoms with Gasteiger partial charge in [0.05, 0.1) is 5.02 Å². The molecule has 1 atom stereocenters. The van der Waals surface area contributed by atoms with Crippen molar-refractivity contribution < 1.29 is 9.47 Å². The van der Waals surface area contributed by atoms with E-state index in [-0.39, 0.29) is 6.10 Å². The van der Waals surface area contributed by atoms with Gasteiger partial charge in [-0.2, -0.15) is 0 Å². The Kier molecular flexibility index (Phi) is 3.77. The minimum Gasteiger partial charge on any atom is -0.488 e. The van der Waals surface area contributed by atoms with E-state index in [1.165, 1.54) is 11.1 Å². The van der Waals surface area contributed by atoms with E-state index in [1.807, 2.05) is 6.07 Å². The molecule has 1 unspecified atom stereocenters. The van der Waals surface area contributed by atoms with Crippen molar-refractivity contribution in [2.75, 3.05) is 6.61 Å². The van der Waals surface area contributed by atoms with Gasteiger partial charge in [-0.1, -0.05) is 40.9 Å². The lowest BCUT2D eigenvalue weighted by atomic mass is 10.1. The van der Waals surface area contributed by atoms with E-state index in [4.69, 9.17) is 32.7 Å². The molecular formula is C16H14Cl2O2. The molecule has 1 heterocycles. The first-order chi connectivity index (χ1) is 9.61. The van der Waals surface area contributed by atoms with Gasteiger partial charge in [0, 0.05) is 17.5 Å². The Hall–Kier alpha value is -1.38. The number of rotatable bonds is 3. The van der Waals surface area contributed by atoms with Crippen molar-refractivity contribution in [3.05, 3.63) is 57.6 Å². The normalized spacial score (nSPS) is 16.6. The summed E-state index contributed by atoms with van der Waals surface area (Å²) in [7, 11) is 0. The van der Waals surface area contributed by atoms with Crippen LogP contribution in [0.15, 0.2) is 36.4 Å². The van der Waals surface area contributed by atoms with E-state index >= 15 is 0 Å². The molecule has 0 amide bonds. The number of fused-ring (bicyclic) bond motifs is 1. The number of hydrogen-bond acceptors (Lipinski definition) is 2. The van der Waals surface area contributed by atoms with E-state index < -0.39 is 0 Å². The van der Waals surface area contributed by atoms with E-state index in [9.17, 15) is 0 Å². The molecule has 0 aromatic heterocycles. The lowest BCUT2D eigenvalue weighted by Crippen LogP contribution is -2.22. The first kappa shape index (κ1) is 13.6. The summed E-state index contributed by atoms with van der Waals surface area (Å²) in [5.41, 5.74) is 2.47. The molecule has 0 N–H and O–H groups in total. The maximum absolute atomic E-state index is 6.07. The molecule has 4 heteroatoms. The Morgan fingerprint density at radius 2 is 2.05 bits per heavy atom. The Bertz CT molecular complexity index is 640. The lowest BCUT2D eigenvalue weighted by Gasteiger charge is -2.13. The molecule has 1 aliphatic heterocycles. The van der Waals surface area contributed by atoms with E-state index in [0.717, 1.165) is 12.2 Å². The fraction of sp³-hybridized carbons (Fsp3) is 0.250. The molecule has 104 valence electrons. The van der Waals surface area contributed by atoms with Crippen LogP contribution in [0, 0.1) is 6.92 Å². The van der Waals surface area contributed by atoms with Gasteiger partial charge in [0.25, 0.3) is 0 Å². The average Bonchev–Trinajstić information content (AvgIpc) is 2.81. The average molecular weight is 309 g/mol. The highest BCUT2D eigenvalue weighted by molar-refractivity contribution is 6.34. The van der Waals surface area contributed by atoms with Gasteiger partial charge in [0.2, 0.25) is 0 Å². The Morgan fingerprint density at radius 3 is 2.90 bits per heavy atom. The number of halogens is 2. The second-order valence-corrected chi connectivity index (χ2v) is 5.78. The maximum atomic E-state index is 6.07. The van der Waals surface area contributed by atoms with Gasteiger partial charge < -0.3 is 9.47 Å². The fourth-order valence-corrected chi connectivity index (χ4v) is 2.65. The molecule has 2 aromatic carbocycles. The third kappa shape index (κ3) is 2.87. The number of aryl methyl sites for hydroxylation is 1. The third-order valence-corrected chi connectivity index (χ3v) is 3.82. The van der Waals surface area contributed by atoms with Crippen LogP contribution in [-0.4, -0.2) is 12.7 Å². The molecule has 0 radical (unpaired) electrons. The third-order valence-electron chi connectivity index (χ3n) is 3.28. The van der Waals surface area contributed by atoms with Crippen molar-refractivity contribution in [2.24, 2.45) is 0 Å². The topological polar surface area (TPSA) is 18.5 Å². The highest BCUT2D eigenvalue weighted by atomic mass is 35.5. The van der Waals surface area contributed by atoms with E-state index in [1.54, 1.807) is 18.2 Å². The number of benzene rings is 2. The Balaban J connectivity index is 1.65. The zero-order valence-electron chi connectivity index (χ0n) is 11.0. The zero-order valence-corrected chi connectivity index (χ0v) is 12.5. The fourth-order valence-electron chi connectivity index (χ4n) is 2.31. The van der Waals surface area contributed by atoms with Crippen LogP contribution in [-0.2, 0) is 6.42 Å². The minimum atomic E-state index is 0.0156. The van der Waals surface area contributed by atoms with Crippen molar-refractivity contribution >= 4 is 23.2 Å². The van der Waals surface area contributed by atoms with E-state index in [0.29, 0.717) is 22.4 Å². The number of ether oxygens (including phenoxy) is 2. The van der Waals surface area contributed by atoms with Crippen LogP contribution in [0.4, 0.5) is 0 Å². The standard InChI is InChI=1S/C16H14Cl2O2/c1-10-2-5-15-11(6-10)7-13(20-15)9-19-16-8-12(17)3-4-14(16)18/h2-6,8,13H,7,9H2,1H3. The van der Waals surface area contributed by atoms with Crippen molar-refractivity contribution in [1.82, 2.24) is 0 Å². The minimum absolute atomic E-state index is 0.0156. The van der Waals surface area contributed by atoms with Crippen LogP contribution in [0.5, 0.6) is 11.5 Å². The molecule has 0 saturated carbocycles. The monoisotopic (exact) mass is 308 g/mol. The Morgan fingerprint density at radius 1 is 1.20 bits per heavy atom. The van der Waals surface area contributed by atoms with E-state index in [2.05, 4.69) is 19.1 Å².